The number of Topliss-reactive ketones (excluding diaryl/α,β-unsaturated/α-hetero) is 1. The Morgan fingerprint density at radius 1 is 0.737 bits per heavy atom. The molecule has 1 amide bonds. The number of ether oxygens (including phenoxy) is 1. The molecule has 5 aromatic rings. The van der Waals surface area contributed by atoms with Gasteiger partial charge >= 0.3 is 0 Å². The van der Waals surface area contributed by atoms with Crippen LogP contribution in [0.3, 0.4) is 0 Å². The molecule has 0 saturated carbocycles. The van der Waals surface area contributed by atoms with Crippen molar-refractivity contribution in [2.24, 2.45) is 0 Å². The molecule has 0 bridgehead atoms. The Balaban J connectivity index is 1.23. The van der Waals surface area contributed by atoms with E-state index in [1.807, 2.05) is 67.6 Å². The number of hydrogen-bond donors (Lipinski definition) is 1. The van der Waals surface area contributed by atoms with Crippen LogP contribution in [0.1, 0.15) is 28.8 Å². The highest BCUT2D eigenvalue weighted by Gasteiger charge is 2.17. The molecule has 188 valence electrons. The number of nitrogens with one attached hydrogen (secondary N) is 1. The van der Waals surface area contributed by atoms with Gasteiger partial charge in [-0.2, -0.15) is 0 Å². The van der Waals surface area contributed by atoms with E-state index in [4.69, 9.17) is 9.72 Å². The second-order valence-corrected chi connectivity index (χ2v) is 9.84. The Morgan fingerprint density at radius 2 is 1.37 bits per heavy atom. The molecule has 0 aliphatic rings. The Kier molecular flexibility index (Phi) is 7.71. The average molecular weight is 519 g/mol. The summed E-state index contributed by atoms with van der Waals surface area (Å²) < 4.78 is 5.78. The average Bonchev–Trinajstić information content (AvgIpc) is 3.37. The highest BCUT2D eigenvalue weighted by Crippen LogP contribution is 2.39. The van der Waals surface area contributed by atoms with Gasteiger partial charge in [0.25, 0.3) is 0 Å². The summed E-state index contributed by atoms with van der Waals surface area (Å²) in [5, 5.41) is 3.41. The van der Waals surface area contributed by atoms with Crippen molar-refractivity contribution in [2.45, 2.75) is 19.8 Å². The minimum absolute atomic E-state index is 0.0707. The third-order valence-corrected chi connectivity index (χ3v) is 6.99. The predicted octanol–water partition coefficient (Wildman–Crippen LogP) is 8.18. The van der Waals surface area contributed by atoms with Crippen LogP contribution in [-0.2, 0) is 4.79 Å². The molecule has 38 heavy (non-hydrogen) atoms. The predicted molar refractivity (Wildman–Crippen MR) is 153 cm³/mol. The van der Waals surface area contributed by atoms with Crippen molar-refractivity contribution in [3.05, 3.63) is 120 Å². The molecule has 5 rings (SSSR count). The Bertz CT molecular complexity index is 1530. The van der Waals surface area contributed by atoms with Crippen LogP contribution in [0, 0.1) is 6.92 Å². The van der Waals surface area contributed by atoms with Crippen LogP contribution < -0.4 is 10.1 Å². The quantitative estimate of drug-likeness (QED) is 0.200. The SMILES string of the molecule is Cc1ccc(-c2sc(NC(=O)CCC(=O)c3ccc(Oc4ccccc4)cc3)nc2-c2ccccc2)cc1. The van der Waals surface area contributed by atoms with Crippen LogP contribution in [0.4, 0.5) is 5.13 Å². The molecular formula is C32H26N2O3S. The minimum Gasteiger partial charge on any atom is -0.457 e. The summed E-state index contributed by atoms with van der Waals surface area (Å²) in [6.45, 7) is 2.05. The molecule has 1 N–H and O–H groups in total. The lowest BCUT2D eigenvalue weighted by molar-refractivity contribution is -0.116. The summed E-state index contributed by atoms with van der Waals surface area (Å²) in [5.41, 5.74) is 4.57. The monoisotopic (exact) mass is 518 g/mol. The van der Waals surface area contributed by atoms with Crippen molar-refractivity contribution in [1.82, 2.24) is 4.98 Å². The van der Waals surface area contributed by atoms with E-state index in [9.17, 15) is 9.59 Å². The summed E-state index contributed by atoms with van der Waals surface area (Å²) in [5.74, 6) is 1.03. The van der Waals surface area contributed by atoms with E-state index in [-0.39, 0.29) is 24.5 Å². The maximum atomic E-state index is 12.7. The van der Waals surface area contributed by atoms with Gasteiger partial charge in [0.2, 0.25) is 5.91 Å². The molecular weight excluding hydrogens is 492 g/mol. The van der Waals surface area contributed by atoms with Gasteiger partial charge in [0.1, 0.15) is 11.5 Å². The van der Waals surface area contributed by atoms with E-state index in [1.165, 1.54) is 16.9 Å². The van der Waals surface area contributed by atoms with Gasteiger partial charge in [-0.25, -0.2) is 4.98 Å². The Labute approximate surface area is 225 Å². The van der Waals surface area contributed by atoms with Crippen LogP contribution in [0.2, 0.25) is 0 Å². The topological polar surface area (TPSA) is 68.3 Å². The highest BCUT2D eigenvalue weighted by atomic mass is 32.1. The van der Waals surface area contributed by atoms with Crippen molar-refractivity contribution in [2.75, 3.05) is 5.32 Å². The number of rotatable bonds is 9. The van der Waals surface area contributed by atoms with Crippen molar-refractivity contribution in [3.63, 3.8) is 0 Å². The zero-order chi connectivity index (χ0) is 26.3. The number of anilines is 1. The van der Waals surface area contributed by atoms with E-state index in [0.717, 1.165) is 27.4 Å². The standard InChI is InChI=1S/C32H26N2O3S/c1-22-12-14-25(15-13-22)31-30(24-8-4-2-5-9-24)34-32(38-31)33-29(36)21-20-28(35)23-16-18-27(19-17-23)37-26-10-6-3-7-11-26/h2-19H,20-21H2,1H3,(H,33,34,36). The van der Waals surface area contributed by atoms with Gasteiger partial charge in [0.05, 0.1) is 10.6 Å². The molecule has 1 heterocycles. The molecule has 0 fully saturated rings. The Morgan fingerprint density at radius 3 is 2.05 bits per heavy atom. The first-order valence-electron chi connectivity index (χ1n) is 12.3. The van der Waals surface area contributed by atoms with E-state index in [0.29, 0.717) is 16.4 Å². The third kappa shape index (κ3) is 6.22. The largest absolute Gasteiger partial charge is 0.457 e. The van der Waals surface area contributed by atoms with Gasteiger partial charge in [-0.3, -0.25) is 9.59 Å². The van der Waals surface area contributed by atoms with Gasteiger partial charge in [-0.05, 0) is 48.9 Å². The fourth-order valence-corrected chi connectivity index (χ4v) is 4.96. The number of para-hydroxylation sites is 1. The van der Waals surface area contributed by atoms with E-state index in [1.54, 1.807) is 24.3 Å². The molecule has 0 aliphatic heterocycles. The molecule has 0 atom stereocenters. The maximum Gasteiger partial charge on any atom is 0.226 e. The van der Waals surface area contributed by atoms with Gasteiger partial charge in [0, 0.05) is 24.0 Å². The first kappa shape index (κ1) is 25.1. The summed E-state index contributed by atoms with van der Waals surface area (Å²) >= 11 is 1.43. The lowest BCUT2D eigenvalue weighted by Crippen LogP contribution is -2.13. The third-order valence-electron chi connectivity index (χ3n) is 5.97. The van der Waals surface area contributed by atoms with E-state index < -0.39 is 0 Å². The number of thiazole rings is 1. The molecule has 0 aliphatic carbocycles. The molecule has 0 saturated heterocycles. The van der Waals surface area contributed by atoms with Crippen molar-refractivity contribution < 1.29 is 14.3 Å². The molecule has 0 unspecified atom stereocenters. The number of nitrogens with zero attached hydrogens (tertiary/aromatic N) is 1. The van der Waals surface area contributed by atoms with Gasteiger partial charge < -0.3 is 10.1 Å². The first-order chi connectivity index (χ1) is 18.5. The number of carbonyl (C=O) groups is 2. The van der Waals surface area contributed by atoms with Crippen molar-refractivity contribution in [3.8, 4) is 33.2 Å². The number of carbonyl (C=O) groups excluding carboxylic acids is 2. The smallest absolute Gasteiger partial charge is 0.226 e. The normalized spacial score (nSPS) is 10.7. The van der Waals surface area contributed by atoms with Crippen LogP contribution in [0.5, 0.6) is 11.5 Å². The summed E-state index contributed by atoms with van der Waals surface area (Å²) in [6, 6.07) is 34.6. The number of benzene rings is 4. The van der Waals surface area contributed by atoms with Crippen LogP contribution in [0.15, 0.2) is 109 Å². The number of aromatic nitrogens is 1. The molecule has 0 spiro atoms. The molecule has 5 nitrogen and oxygen atoms in total. The second-order valence-electron chi connectivity index (χ2n) is 8.84. The minimum atomic E-state index is -0.244. The number of amides is 1. The molecule has 4 aromatic carbocycles. The number of ketones is 1. The maximum absolute atomic E-state index is 12.7. The molecule has 1 aromatic heterocycles. The molecule has 0 radical (unpaired) electrons. The number of hydrogen-bond acceptors (Lipinski definition) is 5. The number of aryl methyl sites for hydroxylation is 1. The molecule has 6 heteroatoms. The lowest BCUT2D eigenvalue weighted by atomic mass is 10.1. The second kappa shape index (κ2) is 11.7. The van der Waals surface area contributed by atoms with Gasteiger partial charge in [-0.15, -0.1) is 0 Å². The van der Waals surface area contributed by atoms with Crippen LogP contribution in [0.25, 0.3) is 21.7 Å². The summed E-state index contributed by atoms with van der Waals surface area (Å²) in [7, 11) is 0. The Hall–Kier alpha value is -4.55. The highest BCUT2D eigenvalue weighted by molar-refractivity contribution is 7.19. The van der Waals surface area contributed by atoms with Crippen LogP contribution in [-0.4, -0.2) is 16.7 Å². The van der Waals surface area contributed by atoms with Crippen molar-refractivity contribution >= 4 is 28.2 Å². The lowest BCUT2D eigenvalue weighted by Gasteiger charge is -2.06. The first-order valence-corrected chi connectivity index (χ1v) is 13.2. The van der Waals surface area contributed by atoms with Gasteiger partial charge in [-0.1, -0.05) is 89.7 Å². The summed E-state index contributed by atoms with van der Waals surface area (Å²) in [6.07, 6.45) is 0.174. The van der Waals surface area contributed by atoms with E-state index >= 15 is 0 Å². The zero-order valence-corrected chi connectivity index (χ0v) is 21.7. The fourth-order valence-electron chi connectivity index (χ4n) is 3.95. The summed E-state index contributed by atoms with van der Waals surface area (Å²) in [4.78, 5) is 31.1. The van der Waals surface area contributed by atoms with Crippen molar-refractivity contribution in [1.29, 1.82) is 0 Å². The fraction of sp³-hybridized carbons (Fsp3) is 0.0938. The van der Waals surface area contributed by atoms with Gasteiger partial charge in [0.15, 0.2) is 10.9 Å². The zero-order valence-electron chi connectivity index (χ0n) is 20.9. The van der Waals surface area contributed by atoms with Crippen LogP contribution >= 0.6 is 11.3 Å². The van der Waals surface area contributed by atoms with E-state index in [2.05, 4.69) is 29.6 Å².